The van der Waals surface area contributed by atoms with E-state index in [0.717, 1.165) is 0 Å². The van der Waals surface area contributed by atoms with Crippen molar-refractivity contribution in [3.05, 3.63) is 12.1 Å². The van der Waals surface area contributed by atoms with E-state index in [1.54, 1.807) is 13.8 Å². The number of carbonyl (C=O) groups is 1. The maximum absolute atomic E-state index is 11.0. The van der Waals surface area contributed by atoms with Crippen LogP contribution < -0.4 is 4.84 Å². The molecule has 0 amide bonds. The van der Waals surface area contributed by atoms with Gasteiger partial charge in [0.15, 0.2) is 0 Å². The molecular formula is C8H11NO4. The van der Waals surface area contributed by atoms with Gasteiger partial charge in [-0.1, -0.05) is 13.8 Å². The van der Waals surface area contributed by atoms with Gasteiger partial charge in [-0.05, 0) is 0 Å². The minimum absolute atomic E-state index is 0.313. The first-order chi connectivity index (χ1) is 6.02. The molecule has 0 unspecified atom stereocenters. The standard InChI is InChI=1S/C8H11NO4/c1-5(2)8(12)13-9-6(10)3-4-7(9)11/h3-5,10-11H,1-2H3. The van der Waals surface area contributed by atoms with Crippen LogP contribution in [0.25, 0.3) is 0 Å². The second-order valence-electron chi connectivity index (χ2n) is 2.91. The fraction of sp³-hybridized carbons (Fsp3) is 0.375. The molecule has 0 radical (unpaired) electrons. The average molecular weight is 185 g/mol. The smallest absolute Gasteiger partial charge is 0.335 e. The Bertz CT molecular complexity index is 296. The summed E-state index contributed by atoms with van der Waals surface area (Å²) in [5.74, 6) is -1.47. The minimum atomic E-state index is -0.526. The quantitative estimate of drug-likeness (QED) is 0.704. The van der Waals surface area contributed by atoms with Crippen molar-refractivity contribution in [2.45, 2.75) is 13.8 Å². The van der Waals surface area contributed by atoms with Gasteiger partial charge in [0.05, 0.1) is 5.92 Å². The molecule has 0 bridgehead atoms. The van der Waals surface area contributed by atoms with Crippen LogP contribution in [0.1, 0.15) is 13.8 Å². The lowest BCUT2D eigenvalue weighted by Crippen LogP contribution is -2.23. The normalized spacial score (nSPS) is 10.4. The molecule has 0 aliphatic heterocycles. The van der Waals surface area contributed by atoms with Crippen LogP contribution in [0.2, 0.25) is 0 Å². The van der Waals surface area contributed by atoms with Crippen LogP contribution in [0, 0.1) is 5.92 Å². The third kappa shape index (κ3) is 1.93. The predicted octanol–water partition coefficient (Wildman–Crippen LogP) is 0.510. The van der Waals surface area contributed by atoms with Gasteiger partial charge in [0.2, 0.25) is 11.8 Å². The molecule has 0 saturated carbocycles. The number of aromatic hydroxyl groups is 2. The molecule has 0 fully saturated rings. The molecule has 1 rings (SSSR count). The van der Waals surface area contributed by atoms with E-state index in [2.05, 4.69) is 4.84 Å². The lowest BCUT2D eigenvalue weighted by atomic mass is 10.2. The van der Waals surface area contributed by atoms with E-state index in [1.165, 1.54) is 12.1 Å². The fourth-order valence-electron chi connectivity index (χ4n) is 0.691. The van der Waals surface area contributed by atoms with Crippen LogP contribution >= 0.6 is 0 Å². The molecule has 0 spiro atoms. The zero-order chi connectivity index (χ0) is 10.0. The Morgan fingerprint density at radius 2 is 1.85 bits per heavy atom. The molecule has 5 nitrogen and oxygen atoms in total. The summed E-state index contributed by atoms with van der Waals surface area (Å²) in [5.41, 5.74) is 0. The monoisotopic (exact) mass is 185 g/mol. The number of carbonyl (C=O) groups excluding carboxylic acids is 1. The average Bonchev–Trinajstić information content (AvgIpc) is 2.35. The second-order valence-corrected chi connectivity index (χ2v) is 2.91. The summed E-state index contributed by atoms with van der Waals surface area (Å²) >= 11 is 0. The van der Waals surface area contributed by atoms with Crippen molar-refractivity contribution < 1.29 is 19.8 Å². The molecule has 0 aliphatic carbocycles. The fourth-order valence-corrected chi connectivity index (χ4v) is 0.691. The minimum Gasteiger partial charge on any atom is -0.492 e. The molecule has 0 atom stereocenters. The third-order valence-electron chi connectivity index (χ3n) is 1.45. The molecule has 5 heteroatoms. The summed E-state index contributed by atoms with van der Waals surface area (Å²) < 4.78 is 0.669. The molecule has 0 saturated heterocycles. The zero-order valence-corrected chi connectivity index (χ0v) is 7.39. The van der Waals surface area contributed by atoms with Crippen molar-refractivity contribution in [2.24, 2.45) is 5.92 Å². The Balaban J connectivity index is 2.79. The number of rotatable bonds is 2. The van der Waals surface area contributed by atoms with Gasteiger partial charge >= 0.3 is 5.97 Å². The molecule has 0 aromatic carbocycles. The van der Waals surface area contributed by atoms with Crippen LogP contribution in [0.3, 0.4) is 0 Å². The zero-order valence-electron chi connectivity index (χ0n) is 7.39. The van der Waals surface area contributed by atoms with E-state index in [0.29, 0.717) is 4.73 Å². The van der Waals surface area contributed by atoms with Gasteiger partial charge in [0.25, 0.3) is 0 Å². The van der Waals surface area contributed by atoms with Crippen LogP contribution in [-0.4, -0.2) is 20.9 Å². The van der Waals surface area contributed by atoms with Gasteiger partial charge in [-0.3, -0.25) is 0 Å². The number of aromatic nitrogens is 1. The second kappa shape index (κ2) is 3.38. The third-order valence-corrected chi connectivity index (χ3v) is 1.45. The van der Waals surface area contributed by atoms with Crippen molar-refractivity contribution in [1.29, 1.82) is 0 Å². The lowest BCUT2D eigenvalue weighted by molar-refractivity contribution is -0.149. The number of hydrogen-bond acceptors (Lipinski definition) is 4. The Morgan fingerprint density at radius 3 is 2.23 bits per heavy atom. The highest BCUT2D eigenvalue weighted by atomic mass is 16.7. The van der Waals surface area contributed by atoms with E-state index in [-0.39, 0.29) is 17.7 Å². The van der Waals surface area contributed by atoms with Crippen molar-refractivity contribution >= 4 is 5.97 Å². The predicted molar refractivity (Wildman–Crippen MR) is 44.2 cm³/mol. The van der Waals surface area contributed by atoms with Gasteiger partial charge in [-0.2, -0.15) is 0 Å². The Hall–Kier alpha value is -1.65. The summed E-state index contributed by atoms with van der Waals surface area (Å²) in [6, 6.07) is 2.45. The molecular weight excluding hydrogens is 174 g/mol. The van der Waals surface area contributed by atoms with E-state index in [1.807, 2.05) is 0 Å². The van der Waals surface area contributed by atoms with Crippen LogP contribution in [0.15, 0.2) is 12.1 Å². The number of hydrogen-bond donors (Lipinski definition) is 2. The summed E-state index contributed by atoms with van der Waals surface area (Å²) in [4.78, 5) is 15.7. The maximum atomic E-state index is 11.0. The summed E-state index contributed by atoms with van der Waals surface area (Å²) in [6.07, 6.45) is 0. The summed E-state index contributed by atoms with van der Waals surface area (Å²) in [7, 11) is 0. The molecule has 13 heavy (non-hydrogen) atoms. The Morgan fingerprint density at radius 1 is 1.38 bits per heavy atom. The summed E-state index contributed by atoms with van der Waals surface area (Å²) in [5, 5.41) is 18.2. The van der Waals surface area contributed by atoms with E-state index >= 15 is 0 Å². The SMILES string of the molecule is CC(C)C(=O)On1c(O)ccc1O. The van der Waals surface area contributed by atoms with Gasteiger partial charge < -0.3 is 15.1 Å². The van der Waals surface area contributed by atoms with Crippen molar-refractivity contribution in [3.63, 3.8) is 0 Å². The van der Waals surface area contributed by atoms with Crippen LogP contribution in [0.5, 0.6) is 11.8 Å². The van der Waals surface area contributed by atoms with Gasteiger partial charge in [-0.25, -0.2) is 4.79 Å². The highest BCUT2D eigenvalue weighted by molar-refractivity contribution is 5.72. The first kappa shape index (κ1) is 9.44. The van der Waals surface area contributed by atoms with Crippen molar-refractivity contribution in [2.75, 3.05) is 0 Å². The van der Waals surface area contributed by atoms with Crippen LogP contribution in [-0.2, 0) is 4.79 Å². The first-order valence-corrected chi connectivity index (χ1v) is 3.84. The molecule has 1 aromatic rings. The highest BCUT2D eigenvalue weighted by Crippen LogP contribution is 2.18. The topological polar surface area (TPSA) is 71.7 Å². The van der Waals surface area contributed by atoms with Gasteiger partial charge in [-0.15, -0.1) is 4.73 Å². The molecule has 0 aliphatic rings. The van der Waals surface area contributed by atoms with Gasteiger partial charge in [0, 0.05) is 12.1 Å². The summed E-state index contributed by atoms with van der Waals surface area (Å²) in [6.45, 7) is 3.31. The largest absolute Gasteiger partial charge is 0.492 e. The van der Waals surface area contributed by atoms with E-state index in [4.69, 9.17) is 10.2 Å². The van der Waals surface area contributed by atoms with Crippen molar-refractivity contribution in [3.8, 4) is 11.8 Å². The van der Waals surface area contributed by atoms with Gasteiger partial charge in [0.1, 0.15) is 0 Å². The van der Waals surface area contributed by atoms with Crippen molar-refractivity contribution in [1.82, 2.24) is 4.73 Å². The Kier molecular flexibility index (Phi) is 2.46. The first-order valence-electron chi connectivity index (χ1n) is 3.84. The highest BCUT2D eigenvalue weighted by Gasteiger charge is 2.14. The van der Waals surface area contributed by atoms with Crippen LogP contribution in [0.4, 0.5) is 0 Å². The van der Waals surface area contributed by atoms with E-state index in [9.17, 15) is 4.79 Å². The molecule has 2 N–H and O–H groups in total. The van der Waals surface area contributed by atoms with E-state index < -0.39 is 5.97 Å². The maximum Gasteiger partial charge on any atom is 0.335 e. The molecule has 72 valence electrons. The molecule has 1 aromatic heterocycles. The lowest BCUT2D eigenvalue weighted by Gasteiger charge is -2.08. The Labute approximate surface area is 75.1 Å². The molecule has 1 heterocycles. The number of nitrogens with zero attached hydrogens (tertiary/aromatic N) is 1.